The van der Waals surface area contributed by atoms with E-state index in [0.717, 1.165) is 11.0 Å². The Labute approximate surface area is 117 Å². The van der Waals surface area contributed by atoms with E-state index in [4.69, 9.17) is 5.73 Å². The lowest BCUT2D eigenvalue weighted by Crippen LogP contribution is -2.07. The molecule has 0 radical (unpaired) electrons. The second-order valence-electron chi connectivity index (χ2n) is 4.30. The van der Waals surface area contributed by atoms with Crippen molar-refractivity contribution in [1.29, 1.82) is 0 Å². The van der Waals surface area contributed by atoms with Crippen molar-refractivity contribution in [2.45, 2.75) is 24.4 Å². The molecule has 0 aliphatic heterocycles. The molecule has 1 aromatic carbocycles. The van der Waals surface area contributed by atoms with Crippen LogP contribution in [0.4, 0.5) is 5.69 Å². The van der Waals surface area contributed by atoms with E-state index in [0.29, 0.717) is 23.2 Å². The van der Waals surface area contributed by atoms with Crippen LogP contribution in [-0.4, -0.2) is 28.9 Å². The van der Waals surface area contributed by atoms with Crippen LogP contribution in [0, 0.1) is 0 Å². The van der Waals surface area contributed by atoms with Crippen molar-refractivity contribution in [2.75, 3.05) is 5.73 Å². The summed E-state index contributed by atoms with van der Waals surface area (Å²) in [5.41, 5.74) is 7.89. The molecule has 0 spiro atoms. The van der Waals surface area contributed by atoms with E-state index in [2.05, 4.69) is 20.1 Å². The number of aryl methyl sites for hydroxylation is 1. The molecule has 1 unspecified atom stereocenters. The van der Waals surface area contributed by atoms with Gasteiger partial charge in [-0.05, 0) is 25.1 Å². The number of rotatable bonds is 4. The number of aromatic amines is 1. The Morgan fingerprint density at radius 1 is 1.45 bits per heavy atom. The first-order chi connectivity index (χ1) is 9.67. The van der Waals surface area contributed by atoms with E-state index in [1.165, 1.54) is 6.33 Å². The number of hydrogen-bond donors (Lipinski definition) is 2. The molecule has 2 heterocycles. The first kappa shape index (κ1) is 12.8. The highest BCUT2D eigenvalue weighted by molar-refractivity contribution is 7.84. The fourth-order valence-electron chi connectivity index (χ4n) is 1.96. The normalized spacial score (nSPS) is 12.8. The number of nitrogen functional groups attached to an aromatic ring is 1. The maximum atomic E-state index is 12.3. The molecule has 2 aromatic heterocycles. The summed E-state index contributed by atoms with van der Waals surface area (Å²) in [6.45, 7) is 2.66. The van der Waals surface area contributed by atoms with Crippen molar-refractivity contribution < 1.29 is 4.21 Å². The van der Waals surface area contributed by atoms with Crippen molar-refractivity contribution in [3.05, 3.63) is 30.4 Å². The standard InChI is InChI=1S/C12H14N6OS/c1-2-18-11(14-7-15-18)6-20(19)12-16-9-4-3-8(13)5-10(9)17-12/h3-5,7H,2,6,13H2,1H3,(H,16,17). The van der Waals surface area contributed by atoms with Gasteiger partial charge in [-0.3, -0.25) is 4.21 Å². The fraction of sp³-hybridized carbons (Fsp3) is 0.250. The summed E-state index contributed by atoms with van der Waals surface area (Å²) in [5, 5.41) is 4.49. The molecule has 0 amide bonds. The fourth-order valence-corrected chi connectivity index (χ4v) is 2.98. The molecule has 0 saturated heterocycles. The molecule has 0 aliphatic carbocycles. The van der Waals surface area contributed by atoms with Gasteiger partial charge >= 0.3 is 0 Å². The number of nitrogens with zero attached hydrogens (tertiary/aromatic N) is 4. The maximum Gasteiger partial charge on any atom is 0.197 e. The smallest absolute Gasteiger partial charge is 0.197 e. The van der Waals surface area contributed by atoms with Crippen LogP contribution in [0.2, 0.25) is 0 Å². The lowest BCUT2D eigenvalue weighted by Gasteiger charge is -2.01. The van der Waals surface area contributed by atoms with Crippen molar-refractivity contribution in [3.63, 3.8) is 0 Å². The molecule has 8 heteroatoms. The molecule has 1 atom stereocenters. The van der Waals surface area contributed by atoms with E-state index in [-0.39, 0.29) is 5.75 Å². The Balaban J connectivity index is 1.89. The number of benzene rings is 1. The van der Waals surface area contributed by atoms with Crippen molar-refractivity contribution in [1.82, 2.24) is 24.7 Å². The van der Waals surface area contributed by atoms with E-state index >= 15 is 0 Å². The molecule has 20 heavy (non-hydrogen) atoms. The molecule has 0 aliphatic rings. The predicted molar refractivity (Wildman–Crippen MR) is 76.3 cm³/mol. The van der Waals surface area contributed by atoms with Gasteiger partial charge in [-0.15, -0.1) is 0 Å². The molecule has 0 fully saturated rings. The minimum Gasteiger partial charge on any atom is -0.399 e. The van der Waals surface area contributed by atoms with Gasteiger partial charge in [0.15, 0.2) is 5.16 Å². The monoisotopic (exact) mass is 290 g/mol. The second-order valence-corrected chi connectivity index (χ2v) is 5.67. The molecule has 0 bridgehead atoms. The topological polar surface area (TPSA) is 102 Å². The summed E-state index contributed by atoms with van der Waals surface area (Å²) in [4.78, 5) is 11.5. The predicted octanol–water partition coefficient (Wildman–Crippen LogP) is 1.06. The second kappa shape index (κ2) is 5.04. The number of fused-ring (bicyclic) bond motifs is 1. The zero-order valence-corrected chi connectivity index (χ0v) is 11.7. The number of imidazole rings is 1. The van der Waals surface area contributed by atoms with Crippen molar-refractivity contribution >= 4 is 27.5 Å². The maximum absolute atomic E-state index is 12.3. The molecule has 3 aromatic rings. The van der Waals surface area contributed by atoms with Gasteiger partial charge in [0.05, 0.1) is 27.6 Å². The summed E-state index contributed by atoms with van der Waals surface area (Å²) in [5.74, 6) is 0.967. The van der Waals surface area contributed by atoms with Crippen molar-refractivity contribution in [2.24, 2.45) is 0 Å². The van der Waals surface area contributed by atoms with Crippen LogP contribution >= 0.6 is 0 Å². The Hall–Kier alpha value is -2.22. The zero-order chi connectivity index (χ0) is 14.1. The van der Waals surface area contributed by atoms with Crippen LogP contribution in [0.25, 0.3) is 11.0 Å². The number of H-pyrrole nitrogens is 1. The van der Waals surface area contributed by atoms with E-state index < -0.39 is 10.8 Å². The number of hydrogen-bond acceptors (Lipinski definition) is 5. The van der Waals surface area contributed by atoms with Crippen LogP contribution in [0.5, 0.6) is 0 Å². The third kappa shape index (κ3) is 2.29. The van der Waals surface area contributed by atoms with Crippen LogP contribution in [0.1, 0.15) is 12.7 Å². The van der Waals surface area contributed by atoms with Crippen LogP contribution in [0.15, 0.2) is 29.7 Å². The van der Waals surface area contributed by atoms with Gasteiger partial charge < -0.3 is 10.7 Å². The average Bonchev–Trinajstić information content (AvgIpc) is 3.04. The van der Waals surface area contributed by atoms with Gasteiger partial charge in [-0.25, -0.2) is 14.6 Å². The largest absolute Gasteiger partial charge is 0.399 e. The average molecular weight is 290 g/mol. The Morgan fingerprint density at radius 2 is 2.30 bits per heavy atom. The van der Waals surface area contributed by atoms with Crippen LogP contribution in [-0.2, 0) is 23.1 Å². The lowest BCUT2D eigenvalue weighted by atomic mass is 10.3. The minimum absolute atomic E-state index is 0.281. The highest BCUT2D eigenvalue weighted by Crippen LogP contribution is 2.17. The summed E-state index contributed by atoms with van der Waals surface area (Å²) in [6, 6.07) is 5.34. The highest BCUT2D eigenvalue weighted by Gasteiger charge is 2.14. The Morgan fingerprint density at radius 3 is 3.10 bits per heavy atom. The lowest BCUT2D eigenvalue weighted by molar-refractivity contribution is 0.626. The van der Waals surface area contributed by atoms with E-state index in [9.17, 15) is 4.21 Å². The number of nitrogens with one attached hydrogen (secondary N) is 1. The number of aromatic nitrogens is 5. The third-order valence-corrected chi connectivity index (χ3v) is 4.10. The first-order valence-corrected chi connectivity index (χ1v) is 7.49. The van der Waals surface area contributed by atoms with Gasteiger partial charge in [0.2, 0.25) is 0 Å². The van der Waals surface area contributed by atoms with E-state index in [1.54, 1.807) is 22.9 Å². The Bertz CT molecular complexity index is 777. The van der Waals surface area contributed by atoms with Crippen molar-refractivity contribution in [3.8, 4) is 0 Å². The molecule has 104 valence electrons. The Kier molecular flexibility index (Phi) is 3.23. The number of nitrogens with two attached hydrogens (primary N) is 1. The van der Waals surface area contributed by atoms with Gasteiger partial charge in [-0.1, -0.05) is 0 Å². The van der Waals surface area contributed by atoms with E-state index in [1.807, 2.05) is 6.92 Å². The molecular formula is C12H14N6OS. The molecule has 0 saturated carbocycles. The SMILES string of the molecule is CCn1ncnc1CS(=O)c1nc2ccc(N)cc2[nH]1. The summed E-state index contributed by atoms with van der Waals surface area (Å²) >= 11 is 0. The van der Waals surface area contributed by atoms with Gasteiger partial charge in [0.1, 0.15) is 12.2 Å². The summed E-state index contributed by atoms with van der Waals surface area (Å²) in [7, 11) is -1.29. The molecular weight excluding hydrogens is 276 g/mol. The minimum atomic E-state index is -1.29. The first-order valence-electron chi connectivity index (χ1n) is 6.17. The summed E-state index contributed by atoms with van der Waals surface area (Å²) < 4.78 is 14.1. The third-order valence-electron chi connectivity index (χ3n) is 2.96. The highest BCUT2D eigenvalue weighted by atomic mass is 32.2. The zero-order valence-electron chi connectivity index (χ0n) is 10.9. The summed E-state index contributed by atoms with van der Waals surface area (Å²) in [6.07, 6.45) is 1.47. The molecule has 3 rings (SSSR count). The van der Waals surface area contributed by atoms with Crippen LogP contribution in [0.3, 0.4) is 0 Å². The number of anilines is 1. The van der Waals surface area contributed by atoms with Gasteiger partial charge in [0, 0.05) is 12.2 Å². The van der Waals surface area contributed by atoms with Gasteiger partial charge in [-0.2, -0.15) is 5.10 Å². The van der Waals surface area contributed by atoms with Gasteiger partial charge in [0.25, 0.3) is 0 Å². The molecule has 7 nitrogen and oxygen atoms in total. The van der Waals surface area contributed by atoms with Crippen LogP contribution < -0.4 is 5.73 Å². The quantitative estimate of drug-likeness (QED) is 0.699. The molecule has 3 N–H and O–H groups in total.